The lowest BCUT2D eigenvalue weighted by molar-refractivity contribution is 0.0580. The molecule has 45 heavy (non-hydrogen) atoms. The second-order valence-corrected chi connectivity index (χ2v) is 13.9. The van der Waals surface area contributed by atoms with Gasteiger partial charge in [0, 0.05) is 49.9 Å². The van der Waals surface area contributed by atoms with Gasteiger partial charge in [0.1, 0.15) is 5.60 Å². The number of ether oxygens (including phenoxy) is 2. The van der Waals surface area contributed by atoms with E-state index < -0.39 is 17.7 Å². The summed E-state index contributed by atoms with van der Waals surface area (Å²) in [6.45, 7) is 7.00. The maximum absolute atomic E-state index is 13.3. The molecule has 3 heterocycles. The first-order valence-electron chi connectivity index (χ1n) is 15.7. The van der Waals surface area contributed by atoms with E-state index >= 15 is 0 Å². The minimum atomic E-state index is -0.573. The monoisotopic (exact) mass is 630 g/mol. The fourth-order valence-electron chi connectivity index (χ4n) is 6.25. The molecule has 2 amide bonds. The number of carbonyl (C=O) groups is 2. The summed E-state index contributed by atoms with van der Waals surface area (Å²) in [6.07, 6.45) is 10.6. The van der Waals surface area contributed by atoms with Gasteiger partial charge in [-0.3, -0.25) is 9.88 Å². The number of fused-ring (bicyclic) bond motifs is 2. The molecular weight excluding hydrogens is 592 g/mol. The van der Waals surface area contributed by atoms with Gasteiger partial charge in [-0.25, -0.2) is 14.6 Å². The first-order chi connectivity index (χ1) is 21.6. The highest BCUT2D eigenvalue weighted by Crippen LogP contribution is 2.46. The summed E-state index contributed by atoms with van der Waals surface area (Å²) in [7, 11) is 1.91. The Morgan fingerprint density at radius 2 is 1.89 bits per heavy atom. The number of alkyl carbamates (subject to hydrolysis) is 1. The number of hydrogen-bond donors (Lipinski definition) is 1. The lowest BCUT2D eigenvalue weighted by atomic mass is 9.90. The molecule has 11 heteroatoms. The molecule has 0 bridgehead atoms. The van der Waals surface area contributed by atoms with E-state index in [2.05, 4.69) is 40.3 Å². The number of nitrogens with zero attached hydrogens (tertiary/aromatic N) is 5. The fourth-order valence-corrected chi connectivity index (χ4v) is 6.42. The highest BCUT2D eigenvalue weighted by Gasteiger charge is 2.43. The Kier molecular flexibility index (Phi) is 7.60. The van der Waals surface area contributed by atoms with Crippen LogP contribution in [0, 0.1) is 5.41 Å². The van der Waals surface area contributed by atoms with Crippen LogP contribution in [0.25, 0.3) is 11.6 Å². The van der Waals surface area contributed by atoms with Crippen molar-refractivity contribution >= 4 is 35.4 Å². The molecule has 7 rings (SSSR count). The van der Waals surface area contributed by atoms with Gasteiger partial charge in [-0.15, -0.1) is 0 Å². The number of piperazine rings is 1. The highest BCUT2D eigenvalue weighted by molar-refractivity contribution is 6.30. The first-order valence-corrected chi connectivity index (χ1v) is 16.1. The molecule has 0 unspecified atom stereocenters. The van der Waals surface area contributed by atoms with E-state index in [1.807, 2.05) is 42.9 Å². The van der Waals surface area contributed by atoms with Crippen LogP contribution in [0.15, 0.2) is 49.1 Å². The average Bonchev–Trinajstić information content (AvgIpc) is 3.92. The Morgan fingerprint density at radius 3 is 2.58 bits per heavy atom. The third-order valence-electron chi connectivity index (χ3n) is 9.66. The standard InChI is InChI=1S/C34H39ClN6O4/c1-33(8-9-33)20-44-32(43)41-15-13-40(14-16-41)30-24-7-6-23(35)18-25(24)26(17-22-5-4-12-37-28(22)30)29(27-19-36-21-39(27)3)38-31(42)45-34(2)10-11-34/h4-7,12,17-19,21,29-30H,8-11,13-16,20H2,1-3H3,(H,38,42)/t29-,30+/m1/s1. The Hall–Kier alpha value is -3.89. The van der Waals surface area contributed by atoms with E-state index in [0.29, 0.717) is 37.8 Å². The normalized spacial score (nSPS) is 21.8. The molecule has 0 spiro atoms. The van der Waals surface area contributed by atoms with Gasteiger partial charge in [0.05, 0.1) is 42.6 Å². The number of benzene rings is 1. The Morgan fingerprint density at radius 1 is 1.11 bits per heavy atom. The molecule has 2 saturated carbocycles. The summed E-state index contributed by atoms with van der Waals surface area (Å²) in [4.78, 5) is 39.6. The van der Waals surface area contributed by atoms with Crippen molar-refractivity contribution in [3.63, 3.8) is 0 Å². The van der Waals surface area contributed by atoms with Crippen molar-refractivity contribution in [2.75, 3.05) is 32.8 Å². The number of aryl methyl sites for hydroxylation is 1. The van der Waals surface area contributed by atoms with Crippen molar-refractivity contribution in [2.24, 2.45) is 12.5 Å². The van der Waals surface area contributed by atoms with E-state index in [1.54, 1.807) is 17.4 Å². The molecule has 1 aliphatic heterocycles. The zero-order valence-corrected chi connectivity index (χ0v) is 26.7. The maximum atomic E-state index is 13.3. The van der Waals surface area contributed by atoms with Gasteiger partial charge in [0.2, 0.25) is 0 Å². The molecule has 3 aliphatic carbocycles. The SMILES string of the molecule is Cn1cncc1[C@H](NC(=O)OC1(C)CC1)C1=Cc2cccnc2[C@@H](N2CCN(C(=O)OCC3(C)CC3)CC2)c2ccc(Cl)cc21. The summed E-state index contributed by atoms with van der Waals surface area (Å²) in [5, 5.41) is 3.75. The predicted molar refractivity (Wildman–Crippen MR) is 170 cm³/mol. The smallest absolute Gasteiger partial charge is 0.409 e. The van der Waals surface area contributed by atoms with Crippen LogP contribution in [-0.4, -0.2) is 74.9 Å². The van der Waals surface area contributed by atoms with E-state index in [0.717, 1.165) is 59.3 Å². The maximum Gasteiger partial charge on any atom is 0.409 e. The van der Waals surface area contributed by atoms with Crippen molar-refractivity contribution in [1.29, 1.82) is 0 Å². The van der Waals surface area contributed by atoms with Crippen LogP contribution in [-0.2, 0) is 16.5 Å². The van der Waals surface area contributed by atoms with Gasteiger partial charge >= 0.3 is 12.2 Å². The van der Waals surface area contributed by atoms with Gasteiger partial charge in [-0.2, -0.15) is 0 Å². The molecule has 1 aromatic carbocycles. The van der Waals surface area contributed by atoms with E-state index in [-0.39, 0.29) is 17.6 Å². The summed E-state index contributed by atoms with van der Waals surface area (Å²) >= 11 is 6.68. The minimum Gasteiger partial charge on any atom is -0.449 e. The Balaban J connectivity index is 1.23. The van der Waals surface area contributed by atoms with Crippen molar-refractivity contribution < 1.29 is 19.1 Å². The van der Waals surface area contributed by atoms with Crippen LogP contribution >= 0.6 is 11.6 Å². The van der Waals surface area contributed by atoms with Crippen molar-refractivity contribution in [1.82, 2.24) is 29.7 Å². The number of imidazole rings is 1. The first kappa shape index (κ1) is 29.8. The third-order valence-corrected chi connectivity index (χ3v) is 9.90. The van der Waals surface area contributed by atoms with Crippen molar-refractivity contribution in [3.8, 4) is 0 Å². The Labute approximate surface area is 268 Å². The molecule has 1 N–H and O–H groups in total. The fraction of sp³-hybridized carbons (Fsp3) is 0.471. The molecule has 10 nitrogen and oxygen atoms in total. The molecular formula is C34H39ClN6O4. The summed E-state index contributed by atoms with van der Waals surface area (Å²) in [5.74, 6) is 0. The van der Waals surface area contributed by atoms with Crippen LogP contribution in [0.5, 0.6) is 0 Å². The molecule has 3 aromatic rings. The van der Waals surface area contributed by atoms with Crippen LogP contribution in [0.4, 0.5) is 9.59 Å². The van der Waals surface area contributed by atoms with Gasteiger partial charge in [-0.05, 0) is 79.1 Å². The minimum absolute atomic E-state index is 0.150. The van der Waals surface area contributed by atoms with Gasteiger partial charge in [0.15, 0.2) is 0 Å². The van der Waals surface area contributed by atoms with Crippen LogP contribution in [0.1, 0.15) is 79.7 Å². The quantitative estimate of drug-likeness (QED) is 0.342. The number of nitrogens with one attached hydrogen (secondary N) is 1. The number of amides is 2. The lowest BCUT2D eigenvalue weighted by Crippen LogP contribution is -2.50. The Bertz CT molecular complexity index is 1650. The number of rotatable bonds is 7. The van der Waals surface area contributed by atoms with Crippen LogP contribution < -0.4 is 5.32 Å². The van der Waals surface area contributed by atoms with Crippen LogP contribution in [0.3, 0.4) is 0 Å². The highest BCUT2D eigenvalue weighted by atomic mass is 35.5. The van der Waals surface area contributed by atoms with Gasteiger partial charge < -0.3 is 24.3 Å². The number of hydrogen-bond acceptors (Lipinski definition) is 7. The number of pyridine rings is 1. The molecule has 4 aliphatic rings. The van der Waals surface area contributed by atoms with E-state index in [9.17, 15) is 9.59 Å². The topological polar surface area (TPSA) is 102 Å². The zero-order valence-electron chi connectivity index (χ0n) is 26.0. The average molecular weight is 631 g/mol. The third kappa shape index (κ3) is 6.18. The summed E-state index contributed by atoms with van der Waals surface area (Å²) < 4.78 is 13.4. The molecule has 2 aromatic heterocycles. The molecule has 0 radical (unpaired) electrons. The summed E-state index contributed by atoms with van der Waals surface area (Å²) in [6, 6.07) is 9.13. The van der Waals surface area contributed by atoms with Gasteiger partial charge in [0.25, 0.3) is 0 Å². The van der Waals surface area contributed by atoms with Crippen molar-refractivity contribution in [3.05, 3.63) is 82.2 Å². The predicted octanol–water partition coefficient (Wildman–Crippen LogP) is 5.99. The van der Waals surface area contributed by atoms with E-state index in [1.165, 1.54) is 0 Å². The molecule has 2 atom stereocenters. The summed E-state index contributed by atoms with van der Waals surface area (Å²) in [5.41, 5.74) is 5.18. The number of carbonyl (C=O) groups excluding carboxylic acids is 2. The molecule has 1 saturated heterocycles. The van der Waals surface area contributed by atoms with E-state index in [4.69, 9.17) is 26.1 Å². The molecule has 236 valence electrons. The second kappa shape index (κ2) is 11.5. The molecule has 3 fully saturated rings. The lowest BCUT2D eigenvalue weighted by Gasteiger charge is -2.39. The zero-order chi connectivity index (χ0) is 31.3. The van der Waals surface area contributed by atoms with Crippen LogP contribution in [0.2, 0.25) is 5.02 Å². The second-order valence-electron chi connectivity index (χ2n) is 13.4. The van der Waals surface area contributed by atoms with Gasteiger partial charge in [-0.1, -0.05) is 30.7 Å². The number of halogens is 1. The number of aromatic nitrogens is 3. The van der Waals surface area contributed by atoms with Crippen molar-refractivity contribution in [2.45, 2.75) is 57.2 Å². The largest absolute Gasteiger partial charge is 0.449 e.